The Balaban J connectivity index is 1.61. The second kappa shape index (κ2) is 9.20. The second-order valence-corrected chi connectivity index (χ2v) is 6.13. The number of carbonyl (C=O) groups excluding carboxylic acids is 1. The molecule has 1 N–H and O–H groups in total. The molecule has 0 radical (unpaired) electrons. The van der Waals surface area contributed by atoms with Crippen LogP contribution in [0.4, 0.5) is 5.82 Å². The topological polar surface area (TPSA) is 63.7 Å². The van der Waals surface area contributed by atoms with Crippen molar-refractivity contribution >= 4 is 11.7 Å². The van der Waals surface area contributed by atoms with E-state index in [0.29, 0.717) is 31.9 Å². The number of ether oxygens (including phenoxy) is 2. The average molecular weight is 355 g/mol. The number of benzene rings is 1. The van der Waals surface area contributed by atoms with Crippen molar-refractivity contribution in [1.29, 1.82) is 0 Å². The molecule has 6 heteroatoms. The number of nitrogens with zero attached hydrogens (tertiary/aromatic N) is 2. The minimum Gasteiger partial charge on any atom is -0.481 e. The zero-order valence-corrected chi connectivity index (χ0v) is 15.1. The van der Waals surface area contributed by atoms with Gasteiger partial charge in [-0.1, -0.05) is 31.2 Å². The van der Waals surface area contributed by atoms with Crippen molar-refractivity contribution in [3.05, 3.63) is 54.2 Å². The summed E-state index contributed by atoms with van der Waals surface area (Å²) in [4.78, 5) is 19.2. The Morgan fingerprint density at radius 2 is 2.00 bits per heavy atom. The minimum atomic E-state index is -0.513. The smallest absolute Gasteiger partial charge is 0.261 e. The molecule has 1 fully saturated rings. The van der Waals surface area contributed by atoms with Crippen LogP contribution in [0.15, 0.2) is 48.7 Å². The number of anilines is 1. The van der Waals surface area contributed by atoms with Gasteiger partial charge in [-0.2, -0.15) is 0 Å². The first kappa shape index (κ1) is 18.2. The lowest BCUT2D eigenvalue weighted by molar-refractivity contribution is -0.128. The van der Waals surface area contributed by atoms with Gasteiger partial charge in [0.25, 0.3) is 5.91 Å². The Bertz CT molecular complexity index is 702. The van der Waals surface area contributed by atoms with Gasteiger partial charge in [-0.05, 0) is 24.6 Å². The van der Waals surface area contributed by atoms with E-state index in [1.165, 1.54) is 0 Å². The maximum Gasteiger partial charge on any atom is 0.261 e. The number of rotatable bonds is 7. The lowest BCUT2D eigenvalue weighted by Gasteiger charge is -2.29. The number of morpholine rings is 1. The quantitative estimate of drug-likeness (QED) is 0.826. The number of amides is 1. The van der Waals surface area contributed by atoms with Gasteiger partial charge in [0.2, 0.25) is 0 Å². The lowest BCUT2D eigenvalue weighted by atomic mass is 10.2. The Hall–Kier alpha value is -2.60. The van der Waals surface area contributed by atoms with Crippen LogP contribution in [0.1, 0.15) is 18.9 Å². The Kier molecular flexibility index (Phi) is 6.44. The fourth-order valence-corrected chi connectivity index (χ4v) is 2.91. The van der Waals surface area contributed by atoms with Gasteiger partial charge in [-0.3, -0.25) is 4.79 Å². The summed E-state index contributed by atoms with van der Waals surface area (Å²) in [5.74, 6) is 1.49. The number of carbonyl (C=O) groups is 1. The van der Waals surface area contributed by atoms with Crippen LogP contribution in [-0.2, 0) is 16.1 Å². The zero-order valence-electron chi connectivity index (χ0n) is 15.1. The predicted octanol–water partition coefficient (Wildman–Crippen LogP) is 2.39. The van der Waals surface area contributed by atoms with Gasteiger partial charge >= 0.3 is 0 Å². The summed E-state index contributed by atoms with van der Waals surface area (Å²) in [5.41, 5.74) is 0.998. The van der Waals surface area contributed by atoms with Crippen LogP contribution in [0.5, 0.6) is 5.75 Å². The maximum atomic E-state index is 12.5. The molecule has 3 rings (SSSR count). The Morgan fingerprint density at radius 3 is 2.73 bits per heavy atom. The summed E-state index contributed by atoms with van der Waals surface area (Å²) in [5, 5.41) is 2.99. The summed E-state index contributed by atoms with van der Waals surface area (Å²) < 4.78 is 11.2. The van der Waals surface area contributed by atoms with E-state index in [9.17, 15) is 4.79 Å². The number of pyridine rings is 1. The molecule has 1 amide bonds. The summed E-state index contributed by atoms with van der Waals surface area (Å²) in [7, 11) is 0. The van der Waals surface area contributed by atoms with E-state index in [2.05, 4.69) is 15.2 Å². The van der Waals surface area contributed by atoms with Crippen LogP contribution in [-0.4, -0.2) is 43.3 Å². The molecule has 0 aliphatic carbocycles. The molecular weight excluding hydrogens is 330 g/mol. The molecular formula is C20H25N3O3. The normalized spacial score (nSPS) is 15.3. The number of hydrogen-bond donors (Lipinski definition) is 1. The molecule has 1 atom stereocenters. The van der Waals surface area contributed by atoms with Gasteiger partial charge in [-0.25, -0.2) is 4.98 Å². The number of hydrogen-bond acceptors (Lipinski definition) is 5. The van der Waals surface area contributed by atoms with Crippen molar-refractivity contribution in [3.8, 4) is 5.75 Å². The van der Waals surface area contributed by atoms with Crippen molar-refractivity contribution < 1.29 is 14.3 Å². The third-order valence-corrected chi connectivity index (χ3v) is 4.32. The number of para-hydroxylation sites is 1. The molecule has 1 aromatic carbocycles. The first-order valence-corrected chi connectivity index (χ1v) is 9.04. The monoisotopic (exact) mass is 355 g/mol. The van der Waals surface area contributed by atoms with E-state index < -0.39 is 6.10 Å². The fraction of sp³-hybridized carbons (Fsp3) is 0.400. The standard InChI is InChI=1S/C20H25N3O3/c1-2-18(26-17-8-4-3-5-9-17)20(24)22-15-16-7-6-10-21-19(16)23-11-13-25-14-12-23/h3-10,18H,2,11-15H2,1H3,(H,22,24)/t18-/m0/s1. The van der Waals surface area contributed by atoms with Crippen molar-refractivity contribution in [1.82, 2.24) is 10.3 Å². The third kappa shape index (κ3) is 4.73. The highest BCUT2D eigenvalue weighted by Crippen LogP contribution is 2.18. The average Bonchev–Trinajstić information content (AvgIpc) is 2.72. The molecule has 0 saturated carbocycles. The van der Waals surface area contributed by atoms with Crippen molar-refractivity contribution in [2.75, 3.05) is 31.2 Å². The summed E-state index contributed by atoms with van der Waals surface area (Å²) in [6, 6.07) is 13.3. The minimum absolute atomic E-state index is 0.117. The van der Waals surface area contributed by atoms with E-state index in [-0.39, 0.29) is 5.91 Å². The molecule has 0 unspecified atom stereocenters. The largest absolute Gasteiger partial charge is 0.481 e. The van der Waals surface area contributed by atoms with Crippen LogP contribution in [0.3, 0.4) is 0 Å². The fourth-order valence-electron chi connectivity index (χ4n) is 2.91. The van der Waals surface area contributed by atoms with E-state index in [1.807, 2.05) is 49.4 Å². The predicted molar refractivity (Wildman–Crippen MR) is 100 cm³/mol. The van der Waals surface area contributed by atoms with Crippen molar-refractivity contribution in [3.63, 3.8) is 0 Å². The SMILES string of the molecule is CC[C@H](Oc1ccccc1)C(=O)NCc1cccnc1N1CCOCC1. The molecule has 2 heterocycles. The molecule has 138 valence electrons. The van der Waals surface area contributed by atoms with Crippen LogP contribution >= 0.6 is 0 Å². The third-order valence-electron chi connectivity index (χ3n) is 4.32. The highest BCUT2D eigenvalue weighted by atomic mass is 16.5. The molecule has 1 aromatic heterocycles. The van der Waals surface area contributed by atoms with Crippen LogP contribution in [0.2, 0.25) is 0 Å². The molecule has 26 heavy (non-hydrogen) atoms. The van der Waals surface area contributed by atoms with Crippen LogP contribution in [0.25, 0.3) is 0 Å². The maximum absolute atomic E-state index is 12.5. The summed E-state index contributed by atoms with van der Waals surface area (Å²) in [6.07, 6.45) is 1.87. The van der Waals surface area contributed by atoms with Crippen molar-refractivity contribution in [2.45, 2.75) is 26.0 Å². The van der Waals surface area contributed by atoms with Gasteiger partial charge in [0.1, 0.15) is 11.6 Å². The highest BCUT2D eigenvalue weighted by Gasteiger charge is 2.20. The molecule has 2 aromatic rings. The van der Waals surface area contributed by atoms with Gasteiger partial charge in [0.15, 0.2) is 6.10 Å². The van der Waals surface area contributed by atoms with Gasteiger partial charge in [0, 0.05) is 31.4 Å². The van der Waals surface area contributed by atoms with E-state index in [0.717, 1.165) is 24.5 Å². The Labute approximate surface area is 154 Å². The zero-order chi connectivity index (χ0) is 18.2. The molecule has 6 nitrogen and oxygen atoms in total. The van der Waals surface area contributed by atoms with E-state index in [4.69, 9.17) is 9.47 Å². The molecule has 1 saturated heterocycles. The van der Waals surface area contributed by atoms with Crippen LogP contribution < -0.4 is 15.0 Å². The van der Waals surface area contributed by atoms with Gasteiger partial charge < -0.3 is 19.7 Å². The first-order valence-electron chi connectivity index (χ1n) is 9.04. The molecule has 0 bridgehead atoms. The number of nitrogens with one attached hydrogen (secondary N) is 1. The van der Waals surface area contributed by atoms with Crippen molar-refractivity contribution in [2.24, 2.45) is 0 Å². The number of aromatic nitrogens is 1. The summed E-state index contributed by atoms with van der Waals surface area (Å²) >= 11 is 0. The molecule has 1 aliphatic rings. The highest BCUT2D eigenvalue weighted by molar-refractivity contribution is 5.81. The lowest BCUT2D eigenvalue weighted by Crippen LogP contribution is -2.39. The molecule has 1 aliphatic heterocycles. The van der Waals surface area contributed by atoms with E-state index >= 15 is 0 Å². The summed E-state index contributed by atoms with van der Waals surface area (Å²) in [6.45, 7) is 5.39. The van der Waals surface area contributed by atoms with Gasteiger partial charge in [0.05, 0.1) is 13.2 Å². The first-order chi connectivity index (χ1) is 12.8. The van der Waals surface area contributed by atoms with E-state index in [1.54, 1.807) is 6.20 Å². The molecule has 0 spiro atoms. The Morgan fingerprint density at radius 1 is 1.23 bits per heavy atom. The van der Waals surface area contributed by atoms with Crippen LogP contribution in [0, 0.1) is 0 Å². The second-order valence-electron chi connectivity index (χ2n) is 6.13. The van der Waals surface area contributed by atoms with Gasteiger partial charge in [-0.15, -0.1) is 0 Å².